The Labute approximate surface area is 171 Å². The molecule has 1 N–H and O–H groups in total. The molecule has 0 radical (unpaired) electrons. The molecular formula is C22H25N5S. The van der Waals surface area contributed by atoms with Crippen molar-refractivity contribution in [3.63, 3.8) is 0 Å². The minimum atomic E-state index is 0.00431. The lowest BCUT2D eigenvalue weighted by Gasteiger charge is -2.28. The van der Waals surface area contributed by atoms with Crippen molar-refractivity contribution >= 4 is 17.3 Å². The minimum absolute atomic E-state index is 0.00431. The number of aromatic nitrogens is 3. The molecule has 0 aliphatic carbocycles. The predicted molar refractivity (Wildman–Crippen MR) is 115 cm³/mol. The van der Waals surface area contributed by atoms with Gasteiger partial charge in [-0.1, -0.05) is 25.5 Å². The van der Waals surface area contributed by atoms with Crippen LogP contribution in [-0.4, -0.2) is 31.1 Å². The van der Waals surface area contributed by atoms with Gasteiger partial charge in [-0.25, -0.2) is 4.98 Å². The van der Waals surface area contributed by atoms with Gasteiger partial charge in [0.1, 0.15) is 5.82 Å². The van der Waals surface area contributed by atoms with Gasteiger partial charge < -0.3 is 14.8 Å². The molecule has 0 bridgehead atoms. The summed E-state index contributed by atoms with van der Waals surface area (Å²) in [6.45, 7) is 5.18. The molecule has 4 heterocycles. The number of hydrogen-bond donors (Lipinski definition) is 1. The summed E-state index contributed by atoms with van der Waals surface area (Å²) in [6, 6.07) is 14.5. The summed E-state index contributed by atoms with van der Waals surface area (Å²) in [5.41, 5.74) is 3.31. The number of nitrogens with one attached hydrogen (secondary N) is 1. The van der Waals surface area contributed by atoms with Crippen LogP contribution >= 0.6 is 12.2 Å². The van der Waals surface area contributed by atoms with Crippen molar-refractivity contribution in [2.24, 2.45) is 0 Å². The number of aryl methyl sites for hydroxylation is 1. The molecule has 0 unspecified atom stereocenters. The Kier molecular flexibility index (Phi) is 5.39. The lowest BCUT2D eigenvalue weighted by Crippen LogP contribution is -2.31. The second kappa shape index (κ2) is 8.10. The number of pyridine rings is 2. The van der Waals surface area contributed by atoms with Crippen LogP contribution in [-0.2, 0) is 0 Å². The predicted octanol–water partition coefficient (Wildman–Crippen LogP) is 4.35. The number of unbranched alkanes of at least 4 members (excludes halogenated alkanes) is 1. The third-order valence-electron chi connectivity index (χ3n) is 5.18. The lowest BCUT2D eigenvalue weighted by molar-refractivity contribution is 0.304. The van der Waals surface area contributed by atoms with E-state index in [1.807, 2.05) is 24.5 Å². The second-order valence-corrected chi connectivity index (χ2v) is 7.56. The van der Waals surface area contributed by atoms with Gasteiger partial charge in [0.05, 0.1) is 17.8 Å². The second-order valence-electron chi connectivity index (χ2n) is 7.17. The first-order valence-electron chi connectivity index (χ1n) is 9.77. The van der Waals surface area contributed by atoms with Gasteiger partial charge in [0.15, 0.2) is 5.11 Å². The molecule has 2 atom stereocenters. The first-order valence-corrected chi connectivity index (χ1v) is 10.2. The zero-order valence-electron chi connectivity index (χ0n) is 16.2. The summed E-state index contributed by atoms with van der Waals surface area (Å²) in [5, 5.41) is 4.31. The molecule has 0 spiro atoms. The minimum Gasteiger partial charge on any atom is -0.352 e. The van der Waals surface area contributed by atoms with Gasteiger partial charge in [0.25, 0.3) is 0 Å². The Morgan fingerprint density at radius 3 is 2.71 bits per heavy atom. The molecule has 0 aromatic carbocycles. The van der Waals surface area contributed by atoms with E-state index in [9.17, 15) is 0 Å². The molecular weight excluding hydrogens is 366 g/mol. The van der Waals surface area contributed by atoms with Crippen molar-refractivity contribution in [2.75, 3.05) is 6.54 Å². The Morgan fingerprint density at radius 1 is 1.11 bits per heavy atom. The Bertz CT molecular complexity index is 935. The van der Waals surface area contributed by atoms with E-state index in [0.29, 0.717) is 0 Å². The van der Waals surface area contributed by atoms with Gasteiger partial charge in [0, 0.05) is 30.8 Å². The number of hydrogen-bond acceptors (Lipinski definition) is 3. The normalized spacial score (nSPS) is 19.1. The zero-order chi connectivity index (χ0) is 19.5. The van der Waals surface area contributed by atoms with Crippen molar-refractivity contribution in [2.45, 2.75) is 38.8 Å². The van der Waals surface area contributed by atoms with Crippen molar-refractivity contribution in [3.05, 3.63) is 78.0 Å². The number of rotatable bonds is 6. The number of nitrogens with zero attached hydrogens (tertiary/aromatic N) is 4. The molecule has 5 nitrogen and oxygen atoms in total. The molecule has 1 aliphatic heterocycles. The van der Waals surface area contributed by atoms with E-state index in [2.05, 4.69) is 75.1 Å². The lowest BCUT2D eigenvalue weighted by atomic mass is 10.0. The third-order valence-corrected chi connectivity index (χ3v) is 5.53. The summed E-state index contributed by atoms with van der Waals surface area (Å²) in [6.07, 6.45) is 8.04. The average Bonchev–Trinajstić information content (AvgIpc) is 3.32. The molecule has 6 heteroatoms. The van der Waals surface area contributed by atoms with Crippen LogP contribution in [0.4, 0.5) is 0 Å². The smallest absolute Gasteiger partial charge is 0.170 e. The van der Waals surface area contributed by atoms with Gasteiger partial charge in [0.2, 0.25) is 0 Å². The first-order chi connectivity index (χ1) is 13.7. The summed E-state index contributed by atoms with van der Waals surface area (Å²) < 4.78 is 2.16. The van der Waals surface area contributed by atoms with E-state index in [1.54, 1.807) is 0 Å². The molecule has 0 amide bonds. The van der Waals surface area contributed by atoms with E-state index in [0.717, 1.165) is 47.3 Å². The SMILES string of the molecule is CCCCN1C(=S)N[C@H](c2ccccn2)[C@@H]1c1cccn1-c1ccc(C)cn1. The Hall–Kier alpha value is -2.73. The highest BCUT2D eigenvalue weighted by molar-refractivity contribution is 7.80. The first kappa shape index (κ1) is 18.6. The molecule has 1 saturated heterocycles. The number of thiocarbonyl (C=S) groups is 1. The fraction of sp³-hybridized carbons (Fsp3) is 0.318. The Morgan fingerprint density at radius 2 is 2.00 bits per heavy atom. The van der Waals surface area contributed by atoms with Gasteiger partial charge in [-0.15, -0.1) is 0 Å². The fourth-order valence-corrected chi connectivity index (χ4v) is 4.07. The summed E-state index contributed by atoms with van der Waals surface area (Å²) in [4.78, 5) is 11.5. The monoisotopic (exact) mass is 391 g/mol. The molecule has 1 aliphatic rings. The standard InChI is InChI=1S/C22H25N5S/c1-3-4-13-27-21(20(25-22(27)28)17-8-5-6-12-23-17)18-9-7-14-26(18)19-11-10-16(2)15-24-19/h5-12,14-15,20-21H,3-4,13H2,1-2H3,(H,25,28)/t20-,21+/m1/s1. The molecule has 0 saturated carbocycles. The van der Waals surface area contributed by atoms with Crippen molar-refractivity contribution in [1.82, 2.24) is 24.8 Å². The van der Waals surface area contributed by atoms with Crippen LogP contribution in [0.25, 0.3) is 5.82 Å². The van der Waals surface area contributed by atoms with Gasteiger partial charge in [-0.3, -0.25) is 4.98 Å². The molecule has 28 heavy (non-hydrogen) atoms. The highest BCUT2D eigenvalue weighted by atomic mass is 32.1. The van der Waals surface area contributed by atoms with Crippen molar-refractivity contribution in [1.29, 1.82) is 0 Å². The highest BCUT2D eigenvalue weighted by Crippen LogP contribution is 2.39. The average molecular weight is 392 g/mol. The van der Waals surface area contributed by atoms with E-state index < -0.39 is 0 Å². The maximum Gasteiger partial charge on any atom is 0.170 e. The van der Waals surface area contributed by atoms with Gasteiger partial charge in [-0.05, 0) is 61.5 Å². The largest absolute Gasteiger partial charge is 0.352 e. The fourth-order valence-electron chi connectivity index (χ4n) is 3.74. The van der Waals surface area contributed by atoms with E-state index in [1.165, 1.54) is 0 Å². The van der Waals surface area contributed by atoms with Gasteiger partial charge in [-0.2, -0.15) is 0 Å². The van der Waals surface area contributed by atoms with Crippen LogP contribution in [0.2, 0.25) is 0 Å². The quantitative estimate of drug-likeness (QED) is 0.633. The molecule has 4 rings (SSSR count). The van der Waals surface area contributed by atoms with E-state index >= 15 is 0 Å². The molecule has 3 aromatic rings. The van der Waals surface area contributed by atoms with Gasteiger partial charge >= 0.3 is 0 Å². The van der Waals surface area contributed by atoms with Crippen LogP contribution in [0.1, 0.15) is 48.8 Å². The Balaban J connectivity index is 1.78. The van der Waals surface area contributed by atoms with E-state index in [4.69, 9.17) is 12.2 Å². The topological polar surface area (TPSA) is 46.0 Å². The summed E-state index contributed by atoms with van der Waals surface area (Å²) in [7, 11) is 0. The van der Waals surface area contributed by atoms with Crippen LogP contribution in [0.5, 0.6) is 0 Å². The maximum atomic E-state index is 5.72. The summed E-state index contributed by atoms with van der Waals surface area (Å²) >= 11 is 5.72. The van der Waals surface area contributed by atoms with Crippen LogP contribution < -0.4 is 5.32 Å². The highest BCUT2D eigenvalue weighted by Gasteiger charge is 2.40. The summed E-state index contributed by atoms with van der Waals surface area (Å²) in [5.74, 6) is 0.915. The third kappa shape index (κ3) is 3.52. The van der Waals surface area contributed by atoms with Crippen LogP contribution in [0.15, 0.2) is 61.1 Å². The molecule has 1 fully saturated rings. The molecule has 144 valence electrons. The van der Waals surface area contributed by atoms with Crippen LogP contribution in [0.3, 0.4) is 0 Å². The maximum absolute atomic E-state index is 5.72. The molecule has 3 aromatic heterocycles. The van der Waals surface area contributed by atoms with Crippen LogP contribution in [0, 0.1) is 6.92 Å². The van der Waals surface area contributed by atoms with Crippen molar-refractivity contribution < 1.29 is 0 Å². The zero-order valence-corrected chi connectivity index (χ0v) is 17.1. The van der Waals surface area contributed by atoms with Crippen molar-refractivity contribution in [3.8, 4) is 5.82 Å². The van der Waals surface area contributed by atoms with E-state index in [-0.39, 0.29) is 12.1 Å².